The van der Waals surface area contributed by atoms with Crippen molar-refractivity contribution in [2.75, 3.05) is 29.9 Å². The standard InChI is InChI=1S/C21H23ClN4O3S2/c1-13-17-19(24-10-15-7-9-31(28,29)11-15)25-12-26-21(17)30-18(13)20(27)23-8-6-14-2-4-16(22)5-3-14/h2-5,12,15H,6-11H2,1H3,(H,23,27)(H,24,25,26)/t15-/m1/s1. The molecule has 2 N–H and O–H groups in total. The zero-order chi connectivity index (χ0) is 22.0. The topological polar surface area (TPSA) is 101 Å². The van der Waals surface area contributed by atoms with Crippen molar-refractivity contribution in [3.05, 3.63) is 51.6 Å². The molecule has 0 spiro atoms. The highest BCUT2D eigenvalue weighted by molar-refractivity contribution is 7.91. The van der Waals surface area contributed by atoms with Crippen LogP contribution in [0.5, 0.6) is 0 Å². The van der Waals surface area contributed by atoms with Crippen LogP contribution in [0.4, 0.5) is 5.82 Å². The van der Waals surface area contributed by atoms with E-state index in [4.69, 9.17) is 11.6 Å². The van der Waals surface area contributed by atoms with Crippen molar-refractivity contribution in [2.45, 2.75) is 19.8 Å². The van der Waals surface area contributed by atoms with Crippen LogP contribution < -0.4 is 10.6 Å². The number of nitrogens with one attached hydrogen (secondary N) is 2. The molecule has 3 heterocycles. The van der Waals surface area contributed by atoms with Crippen LogP contribution in [0, 0.1) is 12.8 Å². The molecule has 164 valence electrons. The van der Waals surface area contributed by atoms with Crippen LogP contribution in [-0.4, -0.2) is 48.9 Å². The zero-order valence-electron chi connectivity index (χ0n) is 17.0. The molecule has 0 unspecified atom stereocenters. The molecule has 2 aromatic heterocycles. The Balaban J connectivity index is 1.44. The molecule has 1 saturated heterocycles. The van der Waals surface area contributed by atoms with Crippen molar-refractivity contribution < 1.29 is 13.2 Å². The maximum atomic E-state index is 12.8. The van der Waals surface area contributed by atoms with Gasteiger partial charge in [-0.05, 0) is 48.9 Å². The summed E-state index contributed by atoms with van der Waals surface area (Å²) in [4.78, 5) is 22.8. The molecule has 10 heteroatoms. The van der Waals surface area contributed by atoms with Gasteiger partial charge in [-0.1, -0.05) is 23.7 Å². The van der Waals surface area contributed by atoms with E-state index in [9.17, 15) is 13.2 Å². The number of amides is 1. The maximum Gasteiger partial charge on any atom is 0.261 e. The van der Waals surface area contributed by atoms with Gasteiger partial charge in [-0.15, -0.1) is 11.3 Å². The van der Waals surface area contributed by atoms with Gasteiger partial charge in [-0.2, -0.15) is 0 Å². The number of aromatic nitrogens is 2. The summed E-state index contributed by atoms with van der Waals surface area (Å²) in [5.41, 5.74) is 1.93. The number of fused-ring (bicyclic) bond motifs is 1. The van der Waals surface area contributed by atoms with E-state index >= 15 is 0 Å². The number of carbonyl (C=O) groups excluding carboxylic acids is 1. The normalized spacial score (nSPS) is 17.7. The molecule has 1 aliphatic heterocycles. The molecule has 1 amide bonds. The van der Waals surface area contributed by atoms with Gasteiger partial charge in [0.2, 0.25) is 0 Å². The lowest BCUT2D eigenvalue weighted by Gasteiger charge is -2.11. The minimum Gasteiger partial charge on any atom is -0.369 e. The Morgan fingerprint density at radius 3 is 2.74 bits per heavy atom. The number of nitrogens with zero attached hydrogens (tertiary/aromatic N) is 2. The van der Waals surface area contributed by atoms with Gasteiger partial charge in [-0.3, -0.25) is 4.79 Å². The van der Waals surface area contributed by atoms with Crippen molar-refractivity contribution in [1.29, 1.82) is 0 Å². The summed E-state index contributed by atoms with van der Waals surface area (Å²) in [5, 5.41) is 7.76. The molecule has 3 aromatic rings. The molecule has 1 aliphatic rings. The Hall–Kier alpha value is -2.23. The first kappa shape index (κ1) is 22.0. The van der Waals surface area contributed by atoms with E-state index in [0.29, 0.717) is 41.6 Å². The number of halogens is 1. The SMILES string of the molecule is Cc1c(C(=O)NCCc2ccc(Cl)cc2)sc2ncnc(NC[C@H]3CCS(=O)(=O)C3)c12. The summed E-state index contributed by atoms with van der Waals surface area (Å²) in [6, 6.07) is 7.57. The van der Waals surface area contributed by atoms with Gasteiger partial charge in [0.05, 0.1) is 21.8 Å². The lowest BCUT2D eigenvalue weighted by molar-refractivity contribution is 0.0957. The molecule has 4 rings (SSSR count). The average molecular weight is 479 g/mol. The second-order valence-corrected chi connectivity index (χ2v) is 11.4. The Bertz CT molecular complexity index is 1210. The van der Waals surface area contributed by atoms with Crippen LogP contribution in [0.25, 0.3) is 10.2 Å². The molecule has 7 nitrogen and oxygen atoms in total. The molecule has 1 atom stereocenters. The van der Waals surface area contributed by atoms with E-state index < -0.39 is 9.84 Å². The monoisotopic (exact) mass is 478 g/mol. The second kappa shape index (κ2) is 9.10. The summed E-state index contributed by atoms with van der Waals surface area (Å²) >= 11 is 7.24. The number of hydrogen-bond donors (Lipinski definition) is 2. The highest BCUT2D eigenvalue weighted by Gasteiger charge is 2.28. The minimum absolute atomic E-state index is 0.0737. The van der Waals surface area contributed by atoms with Gasteiger partial charge in [0, 0.05) is 18.1 Å². The van der Waals surface area contributed by atoms with Crippen molar-refractivity contribution in [2.24, 2.45) is 5.92 Å². The van der Waals surface area contributed by atoms with Gasteiger partial charge in [0.25, 0.3) is 5.91 Å². The number of rotatable bonds is 7. The highest BCUT2D eigenvalue weighted by Crippen LogP contribution is 2.33. The van der Waals surface area contributed by atoms with Crippen molar-refractivity contribution in [3.8, 4) is 0 Å². The molecular formula is C21H23ClN4O3S2. The molecule has 1 aromatic carbocycles. The molecular weight excluding hydrogens is 456 g/mol. The van der Waals surface area contributed by atoms with E-state index in [1.807, 2.05) is 31.2 Å². The fraction of sp³-hybridized carbons (Fsp3) is 0.381. The van der Waals surface area contributed by atoms with Crippen molar-refractivity contribution in [1.82, 2.24) is 15.3 Å². The summed E-state index contributed by atoms with van der Waals surface area (Å²) in [6.45, 7) is 2.94. The number of carbonyl (C=O) groups is 1. The lowest BCUT2D eigenvalue weighted by Crippen LogP contribution is -2.25. The fourth-order valence-electron chi connectivity index (χ4n) is 3.75. The molecule has 0 bridgehead atoms. The van der Waals surface area contributed by atoms with Gasteiger partial charge in [0.1, 0.15) is 17.0 Å². The lowest BCUT2D eigenvalue weighted by atomic mass is 10.1. The third kappa shape index (κ3) is 5.16. The number of hydrogen-bond acceptors (Lipinski definition) is 7. The van der Waals surface area contributed by atoms with Crippen molar-refractivity contribution in [3.63, 3.8) is 0 Å². The Morgan fingerprint density at radius 2 is 2.03 bits per heavy atom. The van der Waals surface area contributed by atoms with Gasteiger partial charge in [-0.25, -0.2) is 18.4 Å². The summed E-state index contributed by atoms with van der Waals surface area (Å²) in [5.74, 6) is 1.03. The van der Waals surface area contributed by atoms with E-state index in [-0.39, 0.29) is 23.3 Å². The van der Waals surface area contributed by atoms with E-state index in [1.165, 1.54) is 17.7 Å². The number of anilines is 1. The fourth-order valence-corrected chi connectivity index (χ4v) is 6.80. The molecule has 0 saturated carbocycles. The van der Waals surface area contributed by atoms with Gasteiger partial charge < -0.3 is 10.6 Å². The number of sulfone groups is 1. The van der Waals surface area contributed by atoms with Crippen LogP contribution in [0.1, 0.15) is 27.2 Å². The maximum absolute atomic E-state index is 12.8. The summed E-state index contributed by atoms with van der Waals surface area (Å²) < 4.78 is 23.4. The van der Waals surface area contributed by atoms with Crippen LogP contribution in [0.3, 0.4) is 0 Å². The summed E-state index contributed by atoms with van der Waals surface area (Å²) in [7, 11) is -2.92. The number of aryl methyl sites for hydroxylation is 1. The van der Waals surface area contributed by atoms with E-state index in [1.54, 1.807) is 0 Å². The third-order valence-electron chi connectivity index (χ3n) is 5.43. The highest BCUT2D eigenvalue weighted by atomic mass is 35.5. The third-order valence-corrected chi connectivity index (χ3v) is 8.72. The number of thiophene rings is 1. The molecule has 1 fully saturated rings. The van der Waals surface area contributed by atoms with Gasteiger partial charge in [0.15, 0.2) is 9.84 Å². The largest absolute Gasteiger partial charge is 0.369 e. The predicted molar refractivity (Wildman–Crippen MR) is 125 cm³/mol. The second-order valence-electron chi connectivity index (χ2n) is 7.74. The first-order chi connectivity index (χ1) is 14.8. The molecule has 0 aliphatic carbocycles. The smallest absolute Gasteiger partial charge is 0.261 e. The number of benzene rings is 1. The zero-order valence-corrected chi connectivity index (χ0v) is 19.4. The van der Waals surface area contributed by atoms with E-state index in [0.717, 1.165) is 21.3 Å². The Morgan fingerprint density at radius 1 is 1.26 bits per heavy atom. The van der Waals surface area contributed by atoms with Crippen LogP contribution in [0.15, 0.2) is 30.6 Å². The Labute approximate surface area is 190 Å². The molecule has 31 heavy (non-hydrogen) atoms. The average Bonchev–Trinajstić information content (AvgIpc) is 3.27. The summed E-state index contributed by atoms with van der Waals surface area (Å²) in [6.07, 6.45) is 2.84. The van der Waals surface area contributed by atoms with Crippen molar-refractivity contribution >= 4 is 54.7 Å². The first-order valence-electron chi connectivity index (χ1n) is 10.0. The molecule has 0 radical (unpaired) electrons. The van der Waals surface area contributed by atoms with Crippen LogP contribution in [-0.2, 0) is 16.3 Å². The van der Waals surface area contributed by atoms with Crippen LogP contribution >= 0.6 is 22.9 Å². The quantitative estimate of drug-likeness (QED) is 0.539. The Kier molecular flexibility index (Phi) is 6.45. The van der Waals surface area contributed by atoms with E-state index in [2.05, 4.69) is 20.6 Å². The predicted octanol–water partition coefficient (Wildman–Crippen LogP) is 3.47. The van der Waals surface area contributed by atoms with Crippen LogP contribution in [0.2, 0.25) is 5.02 Å². The first-order valence-corrected chi connectivity index (χ1v) is 13.0. The van der Waals surface area contributed by atoms with Gasteiger partial charge >= 0.3 is 0 Å². The minimum atomic E-state index is -2.92.